The highest BCUT2D eigenvalue weighted by Crippen LogP contribution is 2.27. The van der Waals surface area contributed by atoms with Crippen LogP contribution < -0.4 is 10.6 Å². The zero-order valence-corrected chi connectivity index (χ0v) is 12.7. The van der Waals surface area contributed by atoms with E-state index in [1.54, 1.807) is 0 Å². The lowest BCUT2D eigenvalue weighted by molar-refractivity contribution is -0.128. The fourth-order valence-corrected chi connectivity index (χ4v) is 2.79. The maximum atomic E-state index is 12.2. The molecule has 0 bridgehead atoms. The smallest absolute Gasteiger partial charge is 0.254 e. The minimum Gasteiger partial charge on any atom is -0.366 e. The van der Waals surface area contributed by atoms with Gasteiger partial charge in [0.25, 0.3) is 5.91 Å². The van der Waals surface area contributed by atoms with E-state index in [1.807, 2.05) is 18.2 Å². The predicted octanol–water partition coefficient (Wildman–Crippen LogP) is 1.72. The molecule has 1 fully saturated rings. The summed E-state index contributed by atoms with van der Waals surface area (Å²) in [4.78, 5) is 12.2. The molecule has 0 aliphatic carbocycles. The number of aromatic nitrogens is 1. The van der Waals surface area contributed by atoms with Gasteiger partial charge in [-0.2, -0.15) is 0 Å². The Labute approximate surface area is 124 Å². The first-order valence-electron chi connectivity index (χ1n) is 7.26. The number of nitrogens with one attached hydrogen (secondary N) is 2. The first-order chi connectivity index (χ1) is 10.1. The third-order valence-electron chi connectivity index (χ3n) is 4.30. The minimum absolute atomic E-state index is 0.0909. The molecule has 21 heavy (non-hydrogen) atoms. The molecule has 1 amide bonds. The molecule has 1 aromatic carbocycles. The van der Waals surface area contributed by atoms with Gasteiger partial charge in [0.05, 0.1) is 6.61 Å². The van der Waals surface area contributed by atoms with E-state index in [9.17, 15) is 4.79 Å². The van der Waals surface area contributed by atoms with E-state index in [2.05, 4.69) is 36.1 Å². The second-order valence-corrected chi connectivity index (χ2v) is 5.55. The van der Waals surface area contributed by atoms with E-state index in [1.165, 1.54) is 22.2 Å². The van der Waals surface area contributed by atoms with Crippen molar-refractivity contribution in [2.24, 2.45) is 7.05 Å². The zero-order chi connectivity index (χ0) is 15.0. The number of benzene rings is 1. The quantitative estimate of drug-likeness (QED) is 0.884. The Morgan fingerprint density at radius 3 is 2.95 bits per heavy atom. The normalized spacial score (nSPS) is 18.9. The first-order valence-corrected chi connectivity index (χ1v) is 7.26. The maximum absolute atomic E-state index is 12.2. The Bertz CT molecular complexity index is 684. The molecule has 1 aliphatic rings. The summed E-state index contributed by atoms with van der Waals surface area (Å²) in [5, 5.41) is 7.28. The molecular weight excluding hydrogens is 266 g/mol. The van der Waals surface area contributed by atoms with Crippen molar-refractivity contribution < 1.29 is 9.53 Å². The molecule has 5 nitrogen and oxygen atoms in total. The number of hydrogen-bond donors (Lipinski definition) is 2. The molecule has 1 saturated heterocycles. The molecule has 0 saturated carbocycles. The fraction of sp³-hybridized carbons (Fsp3) is 0.438. The summed E-state index contributed by atoms with van der Waals surface area (Å²) in [6.45, 7) is 6.16. The average Bonchev–Trinajstić information content (AvgIpc) is 2.73. The van der Waals surface area contributed by atoms with Crippen LogP contribution in [0.5, 0.6) is 0 Å². The number of carbonyl (C=O) groups excluding carboxylic acids is 1. The number of carbonyl (C=O) groups is 1. The maximum Gasteiger partial charge on any atom is 0.254 e. The summed E-state index contributed by atoms with van der Waals surface area (Å²) in [5.41, 5.74) is 4.49. The van der Waals surface area contributed by atoms with Crippen molar-refractivity contribution in [2.45, 2.75) is 20.0 Å². The third-order valence-corrected chi connectivity index (χ3v) is 4.30. The van der Waals surface area contributed by atoms with E-state index in [0.717, 1.165) is 12.2 Å². The van der Waals surface area contributed by atoms with E-state index in [0.29, 0.717) is 13.2 Å². The van der Waals surface area contributed by atoms with E-state index >= 15 is 0 Å². The largest absolute Gasteiger partial charge is 0.366 e. The summed E-state index contributed by atoms with van der Waals surface area (Å²) < 4.78 is 7.64. The molecule has 2 N–H and O–H groups in total. The van der Waals surface area contributed by atoms with Crippen LogP contribution >= 0.6 is 0 Å². The van der Waals surface area contributed by atoms with Crippen molar-refractivity contribution in [1.29, 1.82) is 0 Å². The van der Waals surface area contributed by atoms with Crippen LogP contribution in [0.1, 0.15) is 11.3 Å². The van der Waals surface area contributed by atoms with Crippen LogP contribution in [0.2, 0.25) is 0 Å². The van der Waals surface area contributed by atoms with Crippen molar-refractivity contribution in [2.75, 3.05) is 25.0 Å². The van der Waals surface area contributed by atoms with Gasteiger partial charge in [-0.25, -0.2) is 0 Å². The van der Waals surface area contributed by atoms with Crippen molar-refractivity contribution in [3.63, 3.8) is 0 Å². The molecule has 112 valence electrons. The monoisotopic (exact) mass is 287 g/mol. The van der Waals surface area contributed by atoms with Gasteiger partial charge >= 0.3 is 0 Å². The topological polar surface area (TPSA) is 55.3 Å². The van der Waals surface area contributed by atoms with Gasteiger partial charge in [0.15, 0.2) is 0 Å². The molecule has 1 aromatic heterocycles. The molecular formula is C16H21N3O2. The highest BCUT2D eigenvalue weighted by molar-refractivity contribution is 5.97. The van der Waals surface area contributed by atoms with Gasteiger partial charge in [0, 0.05) is 42.4 Å². The highest BCUT2D eigenvalue weighted by Gasteiger charge is 2.22. The lowest BCUT2D eigenvalue weighted by Crippen LogP contribution is -2.45. The number of ether oxygens (including phenoxy) is 1. The molecule has 5 heteroatoms. The predicted molar refractivity (Wildman–Crippen MR) is 83.6 cm³/mol. The van der Waals surface area contributed by atoms with Crippen LogP contribution in [-0.4, -0.2) is 36.3 Å². The van der Waals surface area contributed by atoms with Crippen molar-refractivity contribution in [3.05, 3.63) is 29.5 Å². The SMILES string of the molecule is Cc1c(C)n(C)c2ccc(NC(=O)[C@H]3CNCCO3)cc12. The van der Waals surface area contributed by atoms with Gasteiger partial charge in [-0.15, -0.1) is 0 Å². The number of fused-ring (bicyclic) bond motifs is 1. The number of nitrogens with zero attached hydrogens (tertiary/aromatic N) is 1. The van der Waals surface area contributed by atoms with Gasteiger partial charge in [-0.3, -0.25) is 4.79 Å². The van der Waals surface area contributed by atoms with E-state index in [4.69, 9.17) is 4.74 Å². The van der Waals surface area contributed by atoms with Gasteiger partial charge in [-0.05, 0) is 37.6 Å². The van der Waals surface area contributed by atoms with Crippen molar-refractivity contribution >= 4 is 22.5 Å². The third kappa shape index (κ3) is 2.54. The molecule has 3 rings (SSSR count). The summed E-state index contributed by atoms with van der Waals surface area (Å²) in [6, 6.07) is 6.02. The summed E-state index contributed by atoms with van der Waals surface area (Å²) in [6.07, 6.45) is -0.409. The number of aryl methyl sites for hydroxylation is 2. The number of anilines is 1. The summed E-state index contributed by atoms with van der Waals surface area (Å²) in [5.74, 6) is -0.0909. The van der Waals surface area contributed by atoms with Crippen LogP contribution in [0.25, 0.3) is 10.9 Å². The van der Waals surface area contributed by atoms with Crippen LogP contribution in [0.4, 0.5) is 5.69 Å². The lowest BCUT2D eigenvalue weighted by atomic mass is 10.1. The molecule has 1 aliphatic heterocycles. The minimum atomic E-state index is -0.409. The zero-order valence-electron chi connectivity index (χ0n) is 12.7. The molecule has 0 spiro atoms. The van der Waals surface area contributed by atoms with Crippen molar-refractivity contribution in [3.8, 4) is 0 Å². The van der Waals surface area contributed by atoms with Crippen LogP contribution in [0.3, 0.4) is 0 Å². The Balaban J connectivity index is 1.84. The number of amides is 1. The summed E-state index contributed by atoms with van der Waals surface area (Å²) in [7, 11) is 2.06. The Morgan fingerprint density at radius 2 is 2.24 bits per heavy atom. The molecule has 2 heterocycles. The van der Waals surface area contributed by atoms with Crippen molar-refractivity contribution in [1.82, 2.24) is 9.88 Å². The second kappa shape index (κ2) is 5.50. The van der Waals surface area contributed by atoms with E-state index < -0.39 is 6.10 Å². The van der Waals surface area contributed by atoms with Crippen LogP contribution in [0.15, 0.2) is 18.2 Å². The Hall–Kier alpha value is -1.85. The van der Waals surface area contributed by atoms with E-state index in [-0.39, 0.29) is 5.91 Å². The number of rotatable bonds is 2. The first kappa shape index (κ1) is 14.1. The van der Waals surface area contributed by atoms with Gasteiger partial charge in [0.2, 0.25) is 0 Å². The Kier molecular flexibility index (Phi) is 3.69. The average molecular weight is 287 g/mol. The number of hydrogen-bond acceptors (Lipinski definition) is 3. The fourth-order valence-electron chi connectivity index (χ4n) is 2.79. The second-order valence-electron chi connectivity index (χ2n) is 5.55. The Morgan fingerprint density at radius 1 is 1.43 bits per heavy atom. The molecule has 0 unspecified atom stereocenters. The summed E-state index contributed by atoms with van der Waals surface area (Å²) >= 11 is 0. The standard InChI is InChI=1S/C16H21N3O2/c1-10-11(2)19(3)14-5-4-12(8-13(10)14)18-16(20)15-9-17-6-7-21-15/h4-5,8,15,17H,6-7,9H2,1-3H3,(H,18,20)/t15-/m1/s1. The number of morpholine rings is 1. The highest BCUT2D eigenvalue weighted by atomic mass is 16.5. The molecule has 0 radical (unpaired) electrons. The molecule has 2 aromatic rings. The molecule has 1 atom stereocenters. The lowest BCUT2D eigenvalue weighted by Gasteiger charge is -2.22. The van der Waals surface area contributed by atoms with Crippen LogP contribution in [-0.2, 0) is 16.6 Å². The van der Waals surface area contributed by atoms with Gasteiger partial charge < -0.3 is 19.9 Å². The van der Waals surface area contributed by atoms with Gasteiger partial charge in [0.1, 0.15) is 6.10 Å². The van der Waals surface area contributed by atoms with Crippen LogP contribution in [0, 0.1) is 13.8 Å². The van der Waals surface area contributed by atoms with Gasteiger partial charge in [-0.1, -0.05) is 0 Å².